The first-order valence-corrected chi connectivity index (χ1v) is 7.29. The summed E-state index contributed by atoms with van der Waals surface area (Å²) in [6.45, 7) is 0. The quantitative estimate of drug-likeness (QED) is 0.678. The summed E-state index contributed by atoms with van der Waals surface area (Å²) in [6, 6.07) is 11.0. The second kappa shape index (κ2) is 6.74. The summed E-state index contributed by atoms with van der Waals surface area (Å²) in [7, 11) is 1.60. The fourth-order valence-corrected chi connectivity index (χ4v) is 3.05. The molecule has 23 heavy (non-hydrogen) atoms. The summed E-state index contributed by atoms with van der Waals surface area (Å²) >= 11 is 12.9. The van der Waals surface area contributed by atoms with Crippen molar-refractivity contribution in [3.05, 3.63) is 52.0 Å². The number of para-hydroxylation sites is 1. The standard InChI is InChI=1S/C15H14Cl2N4O.H3N/c1-22-13-5-3-2-4-10(13)14-11(16)6-9(7-12(14)17)15(18)19-8-20-21-15;/h2-8,21H,18H2,1H3,(H,19,20);1H3. The molecule has 122 valence electrons. The van der Waals surface area contributed by atoms with Crippen molar-refractivity contribution < 1.29 is 4.74 Å². The number of hydrazine groups is 1. The van der Waals surface area contributed by atoms with Gasteiger partial charge in [0.25, 0.3) is 0 Å². The van der Waals surface area contributed by atoms with Gasteiger partial charge < -0.3 is 16.3 Å². The third kappa shape index (κ3) is 3.12. The minimum absolute atomic E-state index is 0. The highest BCUT2D eigenvalue weighted by molar-refractivity contribution is 6.39. The van der Waals surface area contributed by atoms with Gasteiger partial charge in [0, 0.05) is 16.7 Å². The Morgan fingerprint density at radius 1 is 1.17 bits per heavy atom. The van der Waals surface area contributed by atoms with Crippen molar-refractivity contribution in [1.29, 1.82) is 0 Å². The normalized spacial score (nSPS) is 19.1. The summed E-state index contributed by atoms with van der Waals surface area (Å²) in [5.74, 6) is -0.396. The van der Waals surface area contributed by atoms with Gasteiger partial charge in [-0.3, -0.25) is 5.73 Å². The van der Waals surface area contributed by atoms with E-state index in [4.69, 9.17) is 33.7 Å². The zero-order valence-corrected chi connectivity index (χ0v) is 13.9. The first kappa shape index (κ1) is 17.5. The van der Waals surface area contributed by atoms with Gasteiger partial charge >= 0.3 is 0 Å². The Morgan fingerprint density at radius 3 is 2.39 bits per heavy atom. The molecule has 1 aliphatic heterocycles. The van der Waals surface area contributed by atoms with Gasteiger partial charge in [-0.1, -0.05) is 41.4 Å². The molecule has 0 saturated carbocycles. The average molecular weight is 354 g/mol. The van der Waals surface area contributed by atoms with Gasteiger partial charge in [-0.15, -0.1) is 0 Å². The van der Waals surface area contributed by atoms with Gasteiger partial charge in [0.2, 0.25) is 5.79 Å². The molecule has 0 radical (unpaired) electrons. The Labute approximate surface area is 144 Å². The largest absolute Gasteiger partial charge is 0.496 e. The third-order valence-corrected chi connectivity index (χ3v) is 4.05. The fourth-order valence-electron chi connectivity index (χ4n) is 2.36. The van der Waals surface area contributed by atoms with E-state index in [0.717, 1.165) is 5.56 Å². The van der Waals surface area contributed by atoms with Crippen molar-refractivity contribution >= 4 is 29.5 Å². The van der Waals surface area contributed by atoms with Gasteiger partial charge in [0.1, 0.15) is 12.1 Å². The van der Waals surface area contributed by atoms with Crippen LogP contribution in [0.3, 0.4) is 0 Å². The van der Waals surface area contributed by atoms with Gasteiger partial charge in [0.15, 0.2) is 0 Å². The molecule has 0 spiro atoms. The number of hydrogen-bond acceptors (Lipinski definition) is 6. The van der Waals surface area contributed by atoms with Crippen LogP contribution in [0.15, 0.2) is 41.4 Å². The molecule has 0 fully saturated rings. The summed E-state index contributed by atoms with van der Waals surface area (Å²) in [6.07, 6.45) is 1.48. The van der Waals surface area contributed by atoms with E-state index in [1.165, 1.54) is 6.34 Å². The number of methoxy groups -OCH3 is 1. The highest BCUT2D eigenvalue weighted by atomic mass is 35.5. The summed E-state index contributed by atoms with van der Waals surface area (Å²) in [4.78, 5) is 4.14. The molecule has 1 heterocycles. The first-order chi connectivity index (χ1) is 10.5. The summed E-state index contributed by atoms with van der Waals surface area (Å²) in [5.41, 5.74) is 13.9. The molecule has 0 aliphatic carbocycles. The van der Waals surface area contributed by atoms with Crippen molar-refractivity contribution in [3.63, 3.8) is 0 Å². The highest BCUT2D eigenvalue weighted by Gasteiger charge is 2.30. The SMILES string of the molecule is COc1ccccc1-c1c(Cl)cc(C2(N)N=CNN2)cc1Cl.N. The smallest absolute Gasteiger partial charge is 0.206 e. The molecule has 0 aromatic heterocycles. The Hall–Kier alpha value is -1.83. The monoisotopic (exact) mass is 353 g/mol. The maximum absolute atomic E-state index is 6.44. The number of ether oxygens (including phenoxy) is 1. The van der Waals surface area contributed by atoms with Crippen LogP contribution in [-0.4, -0.2) is 13.4 Å². The molecular weight excluding hydrogens is 337 g/mol. The van der Waals surface area contributed by atoms with E-state index in [1.54, 1.807) is 19.2 Å². The lowest BCUT2D eigenvalue weighted by Gasteiger charge is -2.22. The number of aliphatic imine (C=N–C) groups is 1. The summed E-state index contributed by atoms with van der Waals surface area (Å²) in [5, 5.41) is 0.946. The first-order valence-electron chi connectivity index (χ1n) is 6.53. The Balaban J connectivity index is 0.00000192. The van der Waals surface area contributed by atoms with Gasteiger partial charge in [0.05, 0.1) is 17.2 Å². The molecule has 2 aromatic carbocycles. The molecule has 0 saturated heterocycles. The molecular formula is C15H17Cl2N5O. The maximum atomic E-state index is 6.44. The van der Waals surface area contributed by atoms with Crippen LogP contribution in [0.4, 0.5) is 0 Å². The van der Waals surface area contributed by atoms with Crippen LogP contribution < -0.4 is 27.5 Å². The molecule has 0 bridgehead atoms. The topological polar surface area (TPSA) is 107 Å². The second-order valence-corrected chi connectivity index (χ2v) is 5.62. The number of hydrogen-bond donors (Lipinski definition) is 4. The lowest BCUT2D eigenvalue weighted by Crippen LogP contribution is -2.49. The number of benzene rings is 2. The Kier molecular flexibility index (Phi) is 5.13. The van der Waals surface area contributed by atoms with E-state index in [2.05, 4.69) is 15.8 Å². The van der Waals surface area contributed by atoms with Gasteiger partial charge in [-0.2, -0.15) is 5.43 Å². The number of nitrogens with one attached hydrogen (secondary N) is 2. The van der Waals surface area contributed by atoms with Crippen molar-refractivity contribution in [2.45, 2.75) is 5.79 Å². The fraction of sp³-hybridized carbons (Fsp3) is 0.133. The van der Waals surface area contributed by atoms with Gasteiger partial charge in [-0.25, -0.2) is 4.99 Å². The number of nitrogens with two attached hydrogens (primary N) is 1. The molecule has 1 atom stereocenters. The lowest BCUT2D eigenvalue weighted by atomic mass is 10.0. The van der Waals surface area contributed by atoms with Crippen LogP contribution in [0, 0.1) is 0 Å². The van der Waals surface area contributed by atoms with Crippen molar-refractivity contribution in [2.24, 2.45) is 10.7 Å². The average Bonchev–Trinajstić information content (AvgIpc) is 2.95. The molecule has 1 unspecified atom stereocenters. The maximum Gasteiger partial charge on any atom is 0.206 e. The van der Waals surface area contributed by atoms with Crippen LogP contribution in [0.1, 0.15) is 5.56 Å². The number of rotatable bonds is 3. The molecule has 6 nitrogen and oxygen atoms in total. The van der Waals surface area contributed by atoms with Crippen LogP contribution >= 0.6 is 23.2 Å². The molecule has 2 aromatic rings. The van der Waals surface area contributed by atoms with Gasteiger partial charge in [-0.05, 0) is 18.2 Å². The van der Waals surface area contributed by atoms with E-state index in [1.807, 2.05) is 24.3 Å². The number of halogens is 2. The summed E-state index contributed by atoms with van der Waals surface area (Å²) < 4.78 is 5.37. The molecule has 0 amide bonds. The molecule has 3 rings (SSSR count). The van der Waals surface area contributed by atoms with E-state index >= 15 is 0 Å². The van der Waals surface area contributed by atoms with E-state index in [9.17, 15) is 0 Å². The predicted octanol–water partition coefficient (Wildman–Crippen LogP) is 3.04. The molecule has 7 N–H and O–H groups in total. The van der Waals surface area contributed by atoms with E-state index in [-0.39, 0.29) is 6.15 Å². The van der Waals surface area contributed by atoms with Crippen molar-refractivity contribution in [3.8, 4) is 16.9 Å². The minimum Gasteiger partial charge on any atom is -0.496 e. The Bertz CT molecular complexity index is 729. The predicted molar refractivity (Wildman–Crippen MR) is 94.1 cm³/mol. The zero-order valence-electron chi connectivity index (χ0n) is 12.4. The van der Waals surface area contributed by atoms with Crippen molar-refractivity contribution in [2.75, 3.05) is 7.11 Å². The van der Waals surface area contributed by atoms with Crippen LogP contribution in [-0.2, 0) is 5.79 Å². The van der Waals surface area contributed by atoms with Crippen molar-refractivity contribution in [1.82, 2.24) is 17.0 Å². The molecule has 1 aliphatic rings. The third-order valence-electron chi connectivity index (χ3n) is 3.45. The van der Waals surface area contributed by atoms with E-state index < -0.39 is 5.79 Å². The van der Waals surface area contributed by atoms with Crippen LogP contribution in [0.2, 0.25) is 10.0 Å². The second-order valence-electron chi connectivity index (χ2n) is 4.81. The van der Waals surface area contributed by atoms with E-state index in [0.29, 0.717) is 26.9 Å². The molecule has 8 heteroatoms. The van der Waals surface area contributed by atoms with Crippen LogP contribution in [0.5, 0.6) is 5.75 Å². The minimum atomic E-state index is -1.09. The Morgan fingerprint density at radius 2 is 1.83 bits per heavy atom. The zero-order chi connectivity index (χ0) is 15.7. The highest BCUT2D eigenvalue weighted by Crippen LogP contribution is 2.41. The number of nitrogens with zero attached hydrogens (tertiary/aromatic N) is 1. The lowest BCUT2D eigenvalue weighted by molar-refractivity contribution is 0.375. The van der Waals surface area contributed by atoms with Crippen LogP contribution in [0.25, 0.3) is 11.1 Å².